The molecule has 3 aromatic rings. The van der Waals surface area contributed by atoms with Gasteiger partial charge >= 0.3 is 0 Å². The van der Waals surface area contributed by atoms with Gasteiger partial charge in [0, 0.05) is 6.07 Å². The van der Waals surface area contributed by atoms with E-state index in [0.717, 1.165) is 27.7 Å². The Bertz CT molecular complexity index is 1170. The van der Waals surface area contributed by atoms with Gasteiger partial charge in [-0.3, -0.25) is 14.9 Å². The van der Waals surface area contributed by atoms with Crippen LogP contribution in [0.15, 0.2) is 52.4 Å². The van der Waals surface area contributed by atoms with E-state index < -0.39 is 4.92 Å². The minimum Gasteiger partial charge on any atom is -0.497 e. The van der Waals surface area contributed by atoms with E-state index in [1.54, 1.807) is 25.3 Å². The van der Waals surface area contributed by atoms with Crippen molar-refractivity contribution in [2.45, 2.75) is 0 Å². The van der Waals surface area contributed by atoms with Gasteiger partial charge in [-0.2, -0.15) is 4.99 Å². The van der Waals surface area contributed by atoms with Crippen LogP contribution in [0, 0.1) is 10.1 Å². The molecule has 1 amide bonds. The van der Waals surface area contributed by atoms with Gasteiger partial charge in [-0.25, -0.2) is 4.98 Å². The van der Waals surface area contributed by atoms with Gasteiger partial charge in [0.05, 0.1) is 32.7 Å². The summed E-state index contributed by atoms with van der Waals surface area (Å²) in [5.41, 5.74) is 1.09. The predicted molar refractivity (Wildman–Crippen MR) is 110 cm³/mol. The first-order valence-electron chi connectivity index (χ1n) is 8.01. The Labute approximate surface area is 167 Å². The van der Waals surface area contributed by atoms with Crippen molar-refractivity contribution in [1.82, 2.24) is 10.3 Å². The summed E-state index contributed by atoms with van der Waals surface area (Å²) in [5.74, 6) is 0.373. The Balaban J connectivity index is 1.62. The number of hydrogen-bond acceptors (Lipinski definition) is 8. The first kappa shape index (κ1) is 18.1. The standard InChI is InChI=1S/C18H12N4O4S2/c1-26-11-6-7-12-14(9-11)27-17(19-12)21-18-20-16(23)15(28-18)8-10-4-2-3-5-13(10)22(24)25/h2-9H,1H3,(H,19,20,21,23)/b15-8-. The number of para-hydroxylation sites is 1. The molecule has 0 spiro atoms. The van der Waals surface area contributed by atoms with Gasteiger partial charge in [0.25, 0.3) is 11.6 Å². The van der Waals surface area contributed by atoms with Crippen LogP contribution < -0.4 is 10.1 Å². The molecule has 1 aliphatic rings. The number of nitrogens with zero attached hydrogens (tertiary/aromatic N) is 3. The van der Waals surface area contributed by atoms with Crippen LogP contribution in [0.5, 0.6) is 5.75 Å². The lowest BCUT2D eigenvalue weighted by molar-refractivity contribution is -0.385. The molecule has 0 atom stereocenters. The topological polar surface area (TPSA) is 107 Å². The van der Waals surface area contributed by atoms with Gasteiger partial charge < -0.3 is 10.1 Å². The van der Waals surface area contributed by atoms with Crippen LogP contribution in [0.4, 0.5) is 10.8 Å². The van der Waals surface area contributed by atoms with E-state index >= 15 is 0 Å². The van der Waals surface area contributed by atoms with Crippen LogP contribution in [0.25, 0.3) is 16.3 Å². The van der Waals surface area contributed by atoms with E-state index in [4.69, 9.17) is 4.74 Å². The van der Waals surface area contributed by atoms with Gasteiger partial charge in [0.15, 0.2) is 5.17 Å². The third-order valence-electron chi connectivity index (χ3n) is 3.85. The van der Waals surface area contributed by atoms with Crippen molar-refractivity contribution < 1.29 is 14.5 Å². The summed E-state index contributed by atoms with van der Waals surface area (Å²) in [6, 6.07) is 11.8. The number of carbonyl (C=O) groups excluding carboxylic acids is 1. The van der Waals surface area contributed by atoms with Crippen molar-refractivity contribution >= 4 is 61.3 Å². The van der Waals surface area contributed by atoms with Crippen LogP contribution in [-0.2, 0) is 4.79 Å². The fraction of sp³-hybridized carbons (Fsp3) is 0.0556. The monoisotopic (exact) mass is 412 g/mol. The maximum Gasteiger partial charge on any atom is 0.276 e. The highest BCUT2D eigenvalue weighted by molar-refractivity contribution is 8.18. The van der Waals surface area contributed by atoms with Crippen LogP contribution in [0.3, 0.4) is 0 Å². The van der Waals surface area contributed by atoms with Crippen LogP contribution in [-0.4, -0.2) is 28.1 Å². The van der Waals surface area contributed by atoms with Crippen molar-refractivity contribution in [3.63, 3.8) is 0 Å². The van der Waals surface area contributed by atoms with Crippen molar-refractivity contribution in [3.05, 3.63) is 63.0 Å². The summed E-state index contributed by atoms with van der Waals surface area (Å²) < 4.78 is 6.12. The number of amides is 1. The number of thioether (sulfide) groups is 1. The zero-order chi connectivity index (χ0) is 19.7. The number of aromatic nitrogens is 1. The Morgan fingerprint density at radius 3 is 2.89 bits per heavy atom. The van der Waals surface area contributed by atoms with E-state index in [-0.39, 0.29) is 11.6 Å². The summed E-state index contributed by atoms with van der Waals surface area (Å²) in [5, 5.41) is 14.7. The maximum atomic E-state index is 12.2. The Morgan fingerprint density at radius 1 is 1.29 bits per heavy atom. The van der Waals surface area contributed by atoms with Crippen LogP contribution in [0.2, 0.25) is 0 Å². The van der Waals surface area contributed by atoms with E-state index in [1.165, 1.54) is 23.5 Å². The molecule has 0 radical (unpaired) electrons. The zero-order valence-corrected chi connectivity index (χ0v) is 16.0. The molecule has 0 bridgehead atoms. The number of carbonyl (C=O) groups is 1. The number of rotatable bonds is 4. The predicted octanol–water partition coefficient (Wildman–Crippen LogP) is 4.10. The lowest BCUT2D eigenvalue weighted by atomic mass is 10.1. The van der Waals surface area contributed by atoms with Gasteiger partial charge in [0.2, 0.25) is 5.13 Å². The summed E-state index contributed by atoms with van der Waals surface area (Å²) in [7, 11) is 1.60. The SMILES string of the molecule is COc1ccc2nc(/N=C3\NC(=O)/C(=C/c4ccccc4[N+](=O)[O-])S3)sc2c1. The van der Waals surface area contributed by atoms with E-state index in [2.05, 4.69) is 15.3 Å². The number of nitro groups is 1. The molecule has 0 aliphatic carbocycles. The van der Waals surface area contributed by atoms with Gasteiger partial charge in [-0.15, -0.1) is 0 Å². The maximum absolute atomic E-state index is 12.2. The van der Waals surface area contributed by atoms with E-state index in [9.17, 15) is 14.9 Å². The Kier molecular flexibility index (Phi) is 4.80. The molecule has 2 heterocycles. The largest absolute Gasteiger partial charge is 0.497 e. The number of fused-ring (bicyclic) bond motifs is 1. The fourth-order valence-corrected chi connectivity index (χ4v) is 4.29. The first-order valence-corrected chi connectivity index (χ1v) is 9.64. The third-order valence-corrected chi connectivity index (χ3v) is 5.67. The third kappa shape index (κ3) is 3.59. The van der Waals surface area contributed by atoms with Crippen molar-refractivity contribution in [3.8, 4) is 5.75 Å². The summed E-state index contributed by atoms with van der Waals surface area (Å²) in [6.07, 6.45) is 1.49. The molecule has 0 saturated carbocycles. The fourth-order valence-electron chi connectivity index (χ4n) is 2.55. The first-order chi connectivity index (χ1) is 13.5. The molecule has 0 unspecified atom stereocenters. The molecule has 8 nitrogen and oxygen atoms in total. The molecule has 140 valence electrons. The molecule has 28 heavy (non-hydrogen) atoms. The normalized spacial score (nSPS) is 16.7. The number of thiazole rings is 1. The number of ether oxygens (including phenoxy) is 1. The number of aliphatic imine (C=N–C) groups is 1. The molecular weight excluding hydrogens is 400 g/mol. The number of methoxy groups -OCH3 is 1. The average molecular weight is 412 g/mol. The lowest BCUT2D eigenvalue weighted by Gasteiger charge is -1.97. The minimum absolute atomic E-state index is 0.0612. The number of nitro benzene ring substituents is 1. The van der Waals surface area contributed by atoms with E-state index in [1.807, 2.05) is 18.2 Å². The molecule has 4 rings (SSSR count). The highest BCUT2D eigenvalue weighted by atomic mass is 32.2. The smallest absolute Gasteiger partial charge is 0.276 e. The Hall–Kier alpha value is -3.24. The number of nitrogens with one attached hydrogen (secondary N) is 1. The lowest BCUT2D eigenvalue weighted by Crippen LogP contribution is -2.19. The highest BCUT2D eigenvalue weighted by Crippen LogP contribution is 2.34. The molecule has 1 N–H and O–H groups in total. The van der Waals surface area contributed by atoms with Crippen molar-refractivity contribution in [2.24, 2.45) is 4.99 Å². The van der Waals surface area contributed by atoms with Gasteiger partial charge in [-0.05, 0) is 42.1 Å². The molecule has 1 aliphatic heterocycles. The Morgan fingerprint density at radius 2 is 2.11 bits per heavy atom. The second kappa shape index (κ2) is 7.41. The number of hydrogen-bond donors (Lipinski definition) is 1. The molecule has 10 heteroatoms. The highest BCUT2D eigenvalue weighted by Gasteiger charge is 2.25. The second-order valence-electron chi connectivity index (χ2n) is 5.63. The van der Waals surface area contributed by atoms with Gasteiger partial charge in [0.1, 0.15) is 5.75 Å². The van der Waals surface area contributed by atoms with Gasteiger partial charge in [-0.1, -0.05) is 23.5 Å². The van der Waals surface area contributed by atoms with E-state index in [0.29, 0.717) is 20.8 Å². The molecular formula is C18H12N4O4S2. The summed E-state index contributed by atoms with van der Waals surface area (Å²) >= 11 is 2.49. The summed E-state index contributed by atoms with van der Waals surface area (Å²) in [4.78, 5) is 32.0. The molecule has 1 saturated heterocycles. The molecule has 1 fully saturated rings. The van der Waals surface area contributed by atoms with Crippen LogP contribution >= 0.6 is 23.1 Å². The number of benzene rings is 2. The van der Waals surface area contributed by atoms with Crippen molar-refractivity contribution in [1.29, 1.82) is 0 Å². The minimum atomic E-state index is -0.478. The quantitative estimate of drug-likeness (QED) is 0.393. The zero-order valence-electron chi connectivity index (χ0n) is 14.4. The molecule has 1 aromatic heterocycles. The second-order valence-corrected chi connectivity index (χ2v) is 7.67. The summed E-state index contributed by atoms with van der Waals surface area (Å²) in [6.45, 7) is 0. The average Bonchev–Trinajstić information content (AvgIpc) is 3.23. The van der Waals surface area contributed by atoms with Crippen molar-refractivity contribution in [2.75, 3.05) is 7.11 Å². The number of amidine groups is 1. The molecule has 2 aromatic carbocycles. The van der Waals surface area contributed by atoms with Crippen LogP contribution in [0.1, 0.15) is 5.56 Å².